The van der Waals surface area contributed by atoms with Crippen molar-refractivity contribution in [2.24, 2.45) is 0 Å². The van der Waals surface area contributed by atoms with Crippen molar-refractivity contribution in [3.63, 3.8) is 0 Å². The average Bonchev–Trinajstić information content (AvgIpc) is 2.47. The minimum Gasteiger partial charge on any atom is -0.395 e. The van der Waals surface area contributed by atoms with E-state index in [-0.39, 0.29) is 6.61 Å². The molecule has 0 radical (unpaired) electrons. The van der Waals surface area contributed by atoms with Crippen LogP contribution in [0, 0.1) is 0 Å². The molecule has 0 amide bonds. The van der Waals surface area contributed by atoms with Gasteiger partial charge in [0.1, 0.15) is 0 Å². The summed E-state index contributed by atoms with van der Waals surface area (Å²) in [6, 6.07) is 6.14. The molecule has 4 nitrogen and oxygen atoms in total. The minimum atomic E-state index is 0.239. The molecule has 1 heterocycles. The van der Waals surface area contributed by atoms with E-state index in [2.05, 4.69) is 34.2 Å². The van der Waals surface area contributed by atoms with Crippen molar-refractivity contribution in [1.29, 1.82) is 0 Å². The molecule has 0 atom stereocenters. The molecule has 1 aromatic rings. The molecule has 0 aromatic heterocycles. The van der Waals surface area contributed by atoms with Crippen LogP contribution in [0.1, 0.15) is 12.5 Å². The molecule has 0 unspecified atom stereocenters. The zero-order valence-electron chi connectivity index (χ0n) is 12.1. The quantitative estimate of drug-likeness (QED) is 0.836. The normalized spacial score (nSPS) is 16.6. The van der Waals surface area contributed by atoms with Gasteiger partial charge in [-0.25, -0.2) is 0 Å². The van der Waals surface area contributed by atoms with Crippen LogP contribution in [0.5, 0.6) is 0 Å². The number of benzene rings is 1. The van der Waals surface area contributed by atoms with E-state index < -0.39 is 0 Å². The maximum absolute atomic E-state index is 9.00. The first-order valence-electron chi connectivity index (χ1n) is 7.32. The Morgan fingerprint density at radius 2 is 2.00 bits per heavy atom. The highest BCUT2D eigenvalue weighted by Gasteiger charge is 2.18. The molecule has 2 N–H and O–H groups in total. The van der Waals surface area contributed by atoms with Crippen molar-refractivity contribution in [1.82, 2.24) is 10.2 Å². The molecule has 20 heavy (non-hydrogen) atoms. The number of hydrogen-bond donors (Lipinski definition) is 2. The van der Waals surface area contributed by atoms with Gasteiger partial charge in [0.15, 0.2) is 0 Å². The number of piperazine rings is 1. The summed E-state index contributed by atoms with van der Waals surface area (Å²) in [4.78, 5) is 4.69. The van der Waals surface area contributed by atoms with E-state index in [0.29, 0.717) is 0 Å². The van der Waals surface area contributed by atoms with Crippen LogP contribution in [-0.4, -0.2) is 55.9 Å². The summed E-state index contributed by atoms with van der Waals surface area (Å²) in [7, 11) is 0. The third-order valence-electron chi connectivity index (χ3n) is 3.74. The number of hydrogen-bond acceptors (Lipinski definition) is 4. The first kappa shape index (κ1) is 15.6. The smallest absolute Gasteiger partial charge is 0.0558 e. The van der Waals surface area contributed by atoms with Gasteiger partial charge in [-0.1, -0.05) is 24.6 Å². The Balaban J connectivity index is 2.05. The molecule has 5 heteroatoms. The second-order valence-electron chi connectivity index (χ2n) is 5.11. The van der Waals surface area contributed by atoms with Gasteiger partial charge in [0.05, 0.1) is 6.61 Å². The van der Waals surface area contributed by atoms with Gasteiger partial charge in [0.2, 0.25) is 0 Å². The van der Waals surface area contributed by atoms with Crippen LogP contribution in [0.15, 0.2) is 18.2 Å². The Labute approximate surface area is 126 Å². The molecule has 1 fully saturated rings. The Kier molecular flexibility index (Phi) is 6.10. The van der Waals surface area contributed by atoms with Crippen molar-refractivity contribution in [2.75, 3.05) is 50.8 Å². The van der Waals surface area contributed by atoms with Crippen LogP contribution < -0.4 is 10.2 Å². The van der Waals surface area contributed by atoms with E-state index in [1.54, 1.807) is 0 Å². The van der Waals surface area contributed by atoms with E-state index in [0.717, 1.165) is 50.8 Å². The van der Waals surface area contributed by atoms with Gasteiger partial charge in [-0.15, -0.1) is 0 Å². The van der Waals surface area contributed by atoms with Gasteiger partial charge in [-0.2, -0.15) is 0 Å². The number of nitrogens with one attached hydrogen (secondary N) is 1. The van der Waals surface area contributed by atoms with E-state index >= 15 is 0 Å². The number of aliphatic hydroxyl groups is 1. The van der Waals surface area contributed by atoms with Crippen LogP contribution >= 0.6 is 11.6 Å². The minimum absolute atomic E-state index is 0.239. The topological polar surface area (TPSA) is 38.7 Å². The lowest BCUT2D eigenvalue weighted by atomic mass is 10.1. The Morgan fingerprint density at radius 1 is 1.25 bits per heavy atom. The van der Waals surface area contributed by atoms with Crippen molar-refractivity contribution < 1.29 is 5.11 Å². The lowest BCUT2D eigenvalue weighted by Crippen LogP contribution is -2.47. The molecule has 0 aliphatic carbocycles. The van der Waals surface area contributed by atoms with Crippen LogP contribution in [0.2, 0.25) is 5.02 Å². The fraction of sp³-hybridized carbons (Fsp3) is 0.600. The van der Waals surface area contributed by atoms with E-state index in [9.17, 15) is 0 Å². The molecule has 112 valence electrons. The first-order chi connectivity index (χ1) is 9.74. The van der Waals surface area contributed by atoms with Gasteiger partial charge < -0.3 is 15.3 Å². The molecular formula is C15H24ClN3O. The van der Waals surface area contributed by atoms with Crippen LogP contribution in [0.4, 0.5) is 5.69 Å². The number of β-amino-alcohol motifs (C(OH)–C–C–N with tert-alkyl or cyclic N) is 1. The molecule has 0 spiro atoms. The first-order valence-corrected chi connectivity index (χ1v) is 7.69. The summed E-state index contributed by atoms with van der Waals surface area (Å²) in [5, 5.41) is 13.2. The summed E-state index contributed by atoms with van der Waals surface area (Å²) in [5.41, 5.74) is 2.54. The largest absolute Gasteiger partial charge is 0.395 e. The summed E-state index contributed by atoms with van der Waals surface area (Å²) in [6.45, 7) is 8.92. The Morgan fingerprint density at radius 3 is 2.65 bits per heavy atom. The van der Waals surface area contributed by atoms with Gasteiger partial charge in [0.25, 0.3) is 0 Å². The predicted octanol–water partition coefficient (Wildman–Crippen LogP) is 1.56. The Bertz CT molecular complexity index is 420. The fourth-order valence-electron chi connectivity index (χ4n) is 2.59. The summed E-state index contributed by atoms with van der Waals surface area (Å²) < 4.78 is 0. The number of halogens is 1. The summed E-state index contributed by atoms with van der Waals surface area (Å²) in [5.74, 6) is 0. The van der Waals surface area contributed by atoms with Crippen molar-refractivity contribution >= 4 is 17.3 Å². The van der Waals surface area contributed by atoms with Gasteiger partial charge in [-0.05, 0) is 24.2 Å². The van der Waals surface area contributed by atoms with Gasteiger partial charge >= 0.3 is 0 Å². The number of rotatable bonds is 6. The molecule has 0 saturated carbocycles. The predicted molar refractivity (Wildman–Crippen MR) is 84.6 cm³/mol. The van der Waals surface area contributed by atoms with E-state index in [4.69, 9.17) is 16.7 Å². The van der Waals surface area contributed by atoms with Crippen LogP contribution in [-0.2, 0) is 6.54 Å². The maximum atomic E-state index is 9.00. The summed E-state index contributed by atoms with van der Waals surface area (Å²) >= 11 is 6.16. The lowest BCUT2D eigenvalue weighted by molar-refractivity contribution is 0.188. The zero-order chi connectivity index (χ0) is 14.4. The van der Waals surface area contributed by atoms with Gasteiger partial charge in [0, 0.05) is 50.0 Å². The number of nitrogens with zero attached hydrogens (tertiary/aromatic N) is 2. The monoisotopic (exact) mass is 297 g/mol. The molecule has 1 aromatic carbocycles. The highest BCUT2D eigenvalue weighted by atomic mass is 35.5. The fourth-order valence-corrected chi connectivity index (χ4v) is 2.76. The van der Waals surface area contributed by atoms with Crippen LogP contribution in [0.3, 0.4) is 0 Å². The third kappa shape index (κ3) is 4.09. The number of aliphatic hydroxyl groups excluding tert-OH is 1. The van der Waals surface area contributed by atoms with Crippen molar-refractivity contribution in [3.8, 4) is 0 Å². The van der Waals surface area contributed by atoms with Gasteiger partial charge in [-0.3, -0.25) is 4.90 Å². The second kappa shape index (κ2) is 7.84. The number of anilines is 1. The van der Waals surface area contributed by atoms with Crippen LogP contribution in [0.25, 0.3) is 0 Å². The molecule has 1 saturated heterocycles. The SMILES string of the molecule is CCNCc1ccc(Cl)cc1N1CCN(CCO)CC1. The lowest BCUT2D eigenvalue weighted by Gasteiger charge is -2.36. The van der Waals surface area contributed by atoms with E-state index in [1.807, 2.05) is 6.07 Å². The molecule has 0 bridgehead atoms. The molecule has 1 aliphatic rings. The van der Waals surface area contributed by atoms with Crippen molar-refractivity contribution in [3.05, 3.63) is 28.8 Å². The average molecular weight is 298 g/mol. The Hall–Kier alpha value is -0.810. The maximum Gasteiger partial charge on any atom is 0.0558 e. The molecular weight excluding hydrogens is 274 g/mol. The van der Waals surface area contributed by atoms with E-state index in [1.165, 1.54) is 11.3 Å². The van der Waals surface area contributed by atoms with Crippen molar-refractivity contribution in [2.45, 2.75) is 13.5 Å². The zero-order valence-corrected chi connectivity index (χ0v) is 12.9. The highest BCUT2D eigenvalue weighted by Crippen LogP contribution is 2.26. The highest BCUT2D eigenvalue weighted by molar-refractivity contribution is 6.30. The third-order valence-corrected chi connectivity index (χ3v) is 3.98. The molecule has 1 aliphatic heterocycles. The second-order valence-corrected chi connectivity index (χ2v) is 5.54. The standard InChI is InChI=1S/C15H24ClN3O/c1-2-17-12-13-3-4-14(16)11-15(13)19-7-5-18(6-8-19)9-10-20/h3-4,11,17,20H,2,5-10,12H2,1H3. The summed E-state index contributed by atoms with van der Waals surface area (Å²) in [6.07, 6.45) is 0. The molecule has 2 rings (SSSR count).